The van der Waals surface area contributed by atoms with Crippen molar-refractivity contribution in [2.24, 2.45) is 0 Å². The van der Waals surface area contributed by atoms with Gasteiger partial charge >= 0.3 is 0 Å². The largest absolute Gasteiger partial charge is 0.322 e. The van der Waals surface area contributed by atoms with E-state index in [1.54, 1.807) is 6.20 Å². The molecule has 2 N–H and O–H groups in total. The number of carbonyl (C=O) groups excluding carboxylic acids is 1. The Bertz CT molecular complexity index is 692. The molecule has 0 aliphatic heterocycles. The molecule has 6 heteroatoms. The first kappa shape index (κ1) is 10.4. The van der Waals surface area contributed by atoms with Gasteiger partial charge in [-0.05, 0) is 18.2 Å². The Morgan fingerprint density at radius 3 is 2.83 bits per heavy atom. The molecule has 0 aliphatic carbocycles. The molecule has 0 atom stereocenters. The van der Waals surface area contributed by atoms with Crippen LogP contribution in [-0.4, -0.2) is 26.1 Å². The molecule has 0 aliphatic rings. The molecule has 1 amide bonds. The van der Waals surface area contributed by atoms with Gasteiger partial charge in [-0.25, -0.2) is 9.97 Å². The van der Waals surface area contributed by atoms with Crippen LogP contribution in [0.15, 0.2) is 43.1 Å². The summed E-state index contributed by atoms with van der Waals surface area (Å²) in [7, 11) is 0. The van der Waals surface area contributed by atoms with Crippen LogP contribution in [0.25, 0.3) is 10.9 Å². The third-order valence-corrected chi connectivity index (χ3v) is 2.52. The van der Waals surface area contributed by atoms with E-state index in [4.69, 9.17) is 0 Å². The molecule has 18 heavy (non-hydrogen) atoms. The lowest BCUT2D eigenvalue weighted by molar-refractivity contribution is 0.102. The predicted molar refractivity (Wildman–Crippen MR) is 66.1 cm³/mol. The summed E-state index contributed by atoms with van der Waals surface area (Å²) in [4.78, 5) is 19.5. The topological polar surface area (TPSA) is 83.6 Å². The number of nitrogens with one attached hydrogen (secondary N) is 2. The lowest BCUT2D eigenvalue weighted by Gasteiger charge is -2.04. The SMILES string of the molecule is O=C(Nc1ccc2cn[nH]c2c1)c1cncnc1. The third-order valence-electron chi connectivity index (χ3n) is 2.52. The number of carbonyl (C=O) groups is 1. The molecule has 0 bridgehead atoms. The highest BCUT2D eigenvalue weighted by Crippen LogP contribution is 2.16. The van der Waals surface area contributed by atoms with Crippen LogP contribution in [0.5, 0.6) is 0 Å². The van der Waals surface area contributed by atoms with Gasteiger partial charge in [-0.3, -0.25) is 9.89 Å². The summed E-state index contributed by atoms with van der Waals surface area (Å²) < 4.78 is 0. The second kappa shape index (κ2) is 4.25. The molecule has 0 saturated heterocycles. The molecule has 0 radical (unpaired) electrons. The maximum atomic E-state index is 11.9. The smallest absolute Gasteiger partial charge is 0.258 e. The Morgan fingerprint density at radius 1 is 1.17 bits per heavy atom. The Hall–Kier alpha value is -2.76. The van der Waals surface area contributed by atoms with Crippen molar-refractivity contribution in [3.8, 4) is 0 Å². The fourth-order valence-corrected chi connectivity index (χ4v) is 1.63. The number of hydrogen-bond acceptors (Lipinski definition) is 4. The number of fused-ring (bicyclic) bond motifs is 1. The molecule has 0 unspecified atom stereocenters. The number of hydrogen-bond donors (Lipinski definition) is 2. The summed E-state index contributed by atoms with van der Waals surface area (Å²) in [6.45, 7) is 0. The van der Waals surface area contributed by atoms with Crippen molar-refractivity contribution >= 4 is 22.5 Å². The first-order valence-electron chi connectivity index (χ1n) is 5.32. The monoisotopic (exact) mass is 239 g/mol. The second-order valence-electron chi connectivity index (χ2n) is 3.75. The molecule has 3 rings (SSSR count). The van der Waals surface area contributed by atoms with E-state index in [-0.39, 0.29) is 5.91 Å². The van der Waals surface area contributed by atoms with Gasteiger partial charge in [0, 0.05) is 23.5 Å². The number of rotatable bonds is 2. The molecular weight excluding hydrogens is 230 g/mol. The van der Waals surface area contributed by atoms with Gasteiger partial charge in [0.15, 0.2) is 0 Å². The molecule has 2 heterocycles. The number of aromatic amines is 1. The quantitative estimate of drug-likeness (QED) is 0.711. The average molecular weight is 239 g/mol. The van der Waals surface area contributed by atoms with E-state index in [1.807, 2.05) is 18.2 Å². The molecule has 0 spiro atoms. The highest BCUT2D eigenvalue weighted by molar-refractivity contribution is 6.04. The lowest BCUT2D eigenvalue weighted by Crippen LogP contribution is -2.12. The summed E-state index contributed by atoms with van der Waals surface area (Å²) >= 11 is 0. The zero-order valence-corrected chi connectivity index (χ0v) is 9.29. The zero-order chi connectivity index (χ0) is 12.4. The summed E-state index contributed by atoms with van der Waals surface area (Å²) in [6.07, 6.45) is 6.05. The summed E-state index contributed by atoms with van der Waals surface area (Å²) in [5.74, 6) is -0.241. The van der Waals surface area contributed by atoms with Crippen molar-refractivity contribution in [3.63, 3.8) is 0 Å². The maximum absolute atomic E-state index is 11.9. The summed E-state index contributed by atoms with van der Waals surface area (Å²) in [5, 5.41) is 10.5. The molecule has 0 fully saturated rings. The van der Waals surface area contributed by atoms with Crippen LogP contribution in [0.2, 0.25) is 0 Å². The van der Waals surface area contributed by atoms with Gasteiger partial charge in [0.25, 0.3) is 5.91 Å². The molecule has 6 nitrogen and oxygen atoms in total. The lowest BCUT2D eigenvalue weighted by atomic mass is 10.2. The van der Waals surface area contributed by atoms with Crippen LogP contribution in [0.3, 0.4) is 0 Å². The predicted octanol–water partition coefficient (Wildman–Crippen LogP) is 1.61. The Morgan fingerprint density at radius 2 is 2.00 bits per heavy atom. The van der Waals surface area contributed by atoms with Gasteiger partial charge in [-0.1, -0.05) is 0 Å². The Kier molecular flexibility index (Phi) is 2.45. The molecular formula is C12H9N5O. The van der Waals surface area contributed by atoms with Crippen molar-refractivity contribution in [2.75, 3.05) is 5.32 Å². The number of benzene rings is 1. The van der Waals surface area contributed by atoms with Crippen LogP contribution < -0.4 is 5.32 Å². The fraction of sp³-hybridized carbons (Fsp3) is 0. The van der Waals surface area contributed by atoms with Crippen LogP contribution >= 0.6 is 0 Å². The highest BCUT2D eigenvalue weighted by Gasteiger charge is 2.06. The van der Waals surface area contributed by atoms with Gasteiger partial charge in [-0.15, -0.1) is 0 Å². The van der Waals surface area contributed by atoms with Crippen molar-refractivity contribution < 1.29 is 4.79 Å². The van der Waals surface area contributed by atoms with E-state index < -0.39 is 0 Å². The summed E-state index contributed by atoms with van der Waals surface area (Å²) in [6, 6.07) is 5.53. The van der Waals surface area contributed by atoms with Crippen LogP contribution in [0.1, 0.15) is 10.4 Å². The van der Waals surface area contributed by atoms with Crippen molar-refractivity contribution in [1.29, 1.82) is 0 Å². The van der Waals surface area contributed by atoms with Gasteiger partial charge in [0.05, 0.1) is 17.3 Å². The number of anilines is 1. The Balaban J connectivity index is 1.86. The molecule has 0 saturated carbocycles. The van der Waals surface area contributed by atoms with E-state index in [2.05, 4.69) is 25.5 Å². The summed E-state index contributed by atoms with van der Waals surface area (Å²) in [5.41, 5.74) is 1.99. The van der Waals surface area contributed by atoms with Crippen LogP contribution in [0.4, 0.5) is 5.69 Å². The van der Waals surface area contributed by atoms with E-state index in [0.29, 0.717) is 11.3 Å². The third kappa shape index (κ3) is 1.91. The van der Waals surface area contributed by atoms with Crippen molar-refractivity contribution in [3.05, 3.63) is 48.7 Å². The van der Waals surface area contributed by atoms with Gasteiger partial charge < -0.3 is 5.32 Å². The number of amides is 1. The zero-order valence-electron chi connectivity index (χ0n) is 9.29. The standard InChI is InChI=1S/C12H9N5O/c18-12(9-4-13-7-14-5-9)16-10-2-1-8-6-15-17-11(8)3-10/h1-7H,(H,15,17)(H,16,18). The van der Waals surface area contributed by atoms with Crippen LogP contribution in [0, 0.1) is 0 Å². The average Bonchev–Trinajstić information content (AvgIpc) is 2.87. The highest BCUT2D eigenvalue weighted by atomic mass is 16.1. The minimum absolute atomic E-state index is 0.241. The van der Waals surface area contributed by atoms with Crippen molar-refractivity contribution in [1.82, 2.24) is 20.2 Å². The van der Waals surface area contributed by atoms with E-state index in [9.17, 15) is 4.79 Å². The van der Waals surface area contributed by atoms with E-state index >= 15 is 0 Å². The second-order valence-corrected chi connectivity index (χ2v) is 3.75. The minimum Gasteiger partial charge on any atom is -0.322 e. The fourth-order valence-electron chi connectivity index (χ4n) is 1.63. The number of nitrogens with zero attached hydrogens (tertiary/aromatic N) is 3. The van der Waals surface area contributed by atoms with E-state index in [0.717, 1.165) is 10.9 Å². The van der Waals surface area contributed by atoms with Gasteiger partial charge in [0.2, 0.25) is 0 Å². The molecule has 1 aromatic carbocycles. The van der Waals surface area contributed by atoms with Gasteiger partial charge in [0.1, 0.15) is 6.33 Å². The van der Waals surface area contributed by atoms with Crippen molar-refractivity contribution in [2.45, 2.75) is 0 Å². The first-order valence-corrected chi connectivity index (χ1v) is 5.32. The minimum atomic E-state index is -0.241. The van der Waals surface area contributed by atoms with E-state index in [1.165, 1.54) is 18.7 Å². The number of aromatic nitrogens is 4. The first-order chi connectivity index (χ1) is 8.83. The molecule has 2 aromatic heterocycles. The van der Waals surface area contributed by atoms with Gasteiger partial charge in [-0.2, -0.15) is 5.10 Å². The molecule has 88 valence electrons. The maximum Gasteiger partial charge on any atom is 0.258 e. The Labute approximate surface area is 102 Å². The molecule has 3 aromatic rings. The van der Waals surface area contributed by atoms with Crippen LogP contribution in [-0.2, 0) is 0 Å². The number of H-pyrrole nitrogens is 1. The normalized spacial score (nSPS) is 10.4.